The molecule has 0 saturated heterocycles. The zero-order valence-electron chi connectivity index (χ0n) is 7.56. The summed E-state index contributed by atoms with van der Waals surface area (Å²) in [6, 6.07) is -0.320. The van der Waals surface area contributed by atoms with Crippen LogP contribution < -0.4 is 5.32 Å². The summed E-state index contributed by atoms with van der Waals surface area (Å²) in [5, 5.41) is 2.42. The third kappa shape index (κ3) is 3.07. The lowest BCUT2D eigenvalue weighted by atomic mass is 10.2. The van der Waals surface area contributed by atoms with Crippen LogP contribution in [0.3, 0.4) is 0 Å². The van der Waals surface area contributed by atoms with E-state index in [1.807, 2.05) is 0 Å². The highest BCUT2D eigenvalue weighted by Crippen LogP contribution is 2.25. The van der Waals surface area contributed by atoms with Gasteiger partial charge in [-0.25, -0.2) is 9.18 Å². The first-order chi connectivity index (χ1) is 5.38. The summed E-state index contributed by atoms with van der Waals surface area (Å²) in [5.41, 5.74) is -0.509. The summed E-state index contributed by atoms with van der Waals surface area (Å²) >= 11 is 0. The van der Waals surface area contributed by atoms with E-state index in [2.05, 4.69) is 5.32 Å². The SMILES string of the molecule is CC(C)(C)OC(=O)N[C@@H]1CC1F. The minimum atomic E-state index is -0.877. The lowest BCUT2D eigenvalue weighted by molar-refractivity contribution is 0.0519. The van der Waals surface area contributed by atoms with E-state index in [-0.39, 0.29) is 6.04 Å². The smallest absolute Gasteiger partial charge is 0.407 e. The Hall–Kier alpha value is -0.800. The van der Waals surface area contributed by atoms with Crippen LogP contribution in [0.2, 0.25) is 0 Å². The monoisotopic (exact) mass is 175 g/mol. The molecule has 70 valence electrons. The fourth-order valence-electron chi connectivity index (χ4n) is 0.772. The molecule has 0 heterocycles. The Kier molecular flexibility index (Phi) is 2.26. The van der Waals surface area contributed by atoms with Crippen molar-refractivity contribution in [3.05, 3.63) is 0 Å². The standard InChI is InChI=1S/C8H14FNO2/c1-8(2,3)12-7(11)10-6-4-5(6)9/h5-6H,4H2,1-3H3,(H,10,11)/t5?,6-/m1/s1. The normalized spacial score (nSPS) is 28.0. The molecular weight excluding hydrogens is 161 g/mol. The zero-order chi connectivity index (χ0) is 9.35. The fraction of sp³-hybridized carbons (Fsp3) is 0.875. The van der Waals surface area contributed by atoms with Gasteiger partial charge in [-0.1, -0.05) is 0 Å². The number of carbonyl (C=O) groups excluding carboxylic acids is 1. The zero-order valence-corrected chi connectivity index (χ0v) is 7.56. The Bertz CT molecular complexity index is 188. The summed E-state index contributed by atoms with van der Waals surface area (Å²) in [5.74, 6) is 0. The van der Waals surface area contributed by atoms with Gasteiger partial charge in [0.15, 0.2) is 0 Å². The first-order valence-corrected chi connectivity index (χ1v) is 4.02. The van der Waals surface area contributed by atoms with Gasteiger partial charge in [0.05, 0.1) is 6.04 Å². The second-order valence-electron chi connectivity index (χ2n) is 4.00. The first-order valence-electron chi connectivity index (χ1n) is 4.02. The average molecular weight is 175 g/mol. The predicted molar refractivity (Wildman–Crippen MR) is 42.7 cm³/mol. The van der Waals surface area contributed by atoms with Crippen molar-refractivity contribution in [2.24, 2.45) is 0 Å². The number of alkyl carbamates (subject to hydrolysis) is 1. The van der Waals surface area contributed by atoms with E-state index < -0.39 is 17.9 Å². The Balaban J connectivity index is 2.21. The van der Waals surface area contributed by atoms with Gasteiger partial charge in [0, 0.05) is 6.42 Å². The van der Waals surface area contributed by atoms with Gasteiger partial charge in [0.1, 0.15) is 11.8 Å². The van der Waals surface area contributed by atoms with Gasteiger partial charge in [0.2, 0.25) is 0 Å². The third-order valence-corrected chi connectivity index (χ3v) is 1.41. The van der Waals surface area contributed by atoms with E-state index in [0.29, 0.717) is 6.42 Å². The van der Waals surface area contributed by atoms with E-state index in [1.165, 1.54) is 0 Å². The molecule has 4 heteroatoms. The number of hydrogen-bond donors (Lipinski definition) is 1. The van der Waals surface area contributed by atoms with Crippen molar-refractivity contribution >= 4 is 6.09 Å². The molecule has 3 nitrogen and oxygen atoms in total. The number of ether oxygens (including phenoxy) is 1. The van der Waals surface area contributed by atoms with Gasteiger partial charge in [-0.3, -0.25) is 0 Å². The average Bonchev–Trinajstić information content (AvgIpc) is 2.40. The molecule has 12 heavy (non-hydrogen) atoms. The molecule has 0 aliphatic heterocycles. The van der Waals surface area contributed by atoms with Crippen LogP contribution in [0, 0.1) is 0 Å². The summed E-state index contributed by atoms with van der Waals surface area (Å²) in [7, 11) is 0. The number of amides is 1. The Morgan fingerprint density at radius 2 is 2.08 bits per heavy atom. The molecule has 0 aromatic rings. The largest absolute Gasteiger partial charge is 0.444 e. The second-order valence-corrected chi connectivity index (χ2v) is 4.00. The van der Waals surface area contributed by atoms with Crippen molar-refractivity contribution in [2.45, 2.75) is 45.0 Å². The maximum atomic E-state index is 12.3. The molecule has 1 fully saturated rings. The van der Waals surface area contributed by atoms with Crippen molar-refractivity contribution in [2.75, 3.05) is 0 Å². The van der Waals surface area contributed by atoms with Gasteiger partial charge in [0.25, 0.3) is 0 Å². The molecule has 1 aliphatic carbocycles. The van der Waals surface area contributed by atoms with Crippen LogP contribution in [0.25, 0.3) is 0 Å². The van der Waals surface area contributed by atoms with E-state index in [0.717, 1.165) is 0 Å². The number of rotatable bonds is 1. The number of alkyl halides is 1. The lowest BCUT2D eigenvalue weighted by Gasteiger charge is -2.19. The van der Waals surface area contributed by atoms with Gasteiger partial charge in [-0.2, -0.15) is 0 Å². The number of carbonyl (C=O) groups is 1. The van der Waals surface area contributed by atoms with Gasteiger partial charge < -0.3 is 10.1 Å². The Labute approximate surface area is 71.3 Å². The molecule has 1 saturated carbocycles. The first kappa shape index (κ1) is 9.29. The van der Waals surface area contributed by atoms with Crippen LogP contribution in [-0.4, -0.2) is 23.9 Å². The predicted octanol–water partition coefficient (Wildman–Crippen LogP) is 1.62. The highest BCUT2D eigenvalue weighted by atomic mass is 19.1. The van der Waals surface area contributed by atoms with Crippen molar-refractivity contribution in [3.63, 3.8) is 0 Å². The van der Waals surface area contributed by atoms with Gasteiger partial charge in [-0.05, 0) is 20.8 Å². The second kappa shape index (κ2) is 2.92. The highest BCUT2D eigenvalue weighted by Gasteiger charge is 2.39. The van der Waals surface area contributed by atoms with Crippen molar-refractivity contribution in [1.29, 1.82) is 0 Å². The molecule has 1 unspecified atom stereocenters. The summed E-state index contributed by atoms with van der Waals surface area (Å²) in [6.45, 7) is 5.31. The van der Waals surface area contributed by atoms with Crippen molar-refractivity contribution in [3.8, 4) is 0 Å². The summed E-state index contributed by atoms with van der Waals surface area (Å²) in [4.78, 5) is 11.0. The third-order valence-electron chi connectivity index (χ3n) is 1.41. The van der Waals surface area contributed by atoms with E-state index >= 15 is 0 Å². The summed E-state index contributed by atoms with van der Waals surface area (Å²) < 4.78 is 17.2. The lowest BCUT2D eigenvalue weighted by Crippen LogP contribution is -2.34. The van der Waals surface area contributed by atoms with Crippen molar-refractivity contribution < 1.29 is 13.9 Å². The summed E-state index contributed by atoms with van der Waals surface area (Å²) in [6.07, 6.45) is -0.996. The van der Waals surface area contributed by atoms with Crippen LogP contribution >= 0.6 is 0 Å². The van der Waals surface area contributed by atoms with Gasteiger partial charge >= 0.3 is 6.09 Å². The minimum absolute atomic E-state index is 0.320. The molecule has 1 rings (SSSR count). The number of nitrogens with one attached hydrogen (secondary N) is 1. The Morgan fingerprint density at radius 3 is 2.42 bits per heavy atom. The van der Waals surface area contributed by atoms with Crippen LogP contribution in [0.15, 0.2) is 0 Å². The molecule has 0 aromatic heterocycles. The molecule has 1 N–H and O–H groups in total. The topological polar surface area (TPSA) is 38.3 Å². The van der Waals surface area contributed by atoms with Crippen LogP contribution in [0.5, 0.6) is 0 Å². The van der Waals surface area contributed by atoms with Crippen molar-refractivity contribution in [1.82, 2.24) is 5.32 Å². The molecular formula is C8H14FNO2. The molecule has 1 aliphatic rings. The quantitative estimate of drug-likeness (QED) is 0.657. The number of halogens is 1. The molecule has 1 amide bonds. The minimum Gasteiger partial charge on any atom is -0.444 e. The van der Waals surface area contributed by atoms with E-state index in [4.69, 9.17) is 4.74 Å². The van der Waals surface area contributed by atoms with E-state index in [1.54, 1.807) is 20.8 Å². The molecule has 0 radical (unpaired) electrons. The fourth-order valence-corrected chi connectivity index (χ4v) is 0.772. The number of hydrogen-bond acceptors (Lipinski definition) is 2. The van der Waals surface area contributed by atoms with Crippen LogP contribution in [0.1, 0.15) is 27.2 Å². The molecule has 0 aromatic carbocycles. The molecule has 2 atom stereocenters. The van der Waals surface area contributed by atoms with Crippen LogP contribution in [-0.2, 0) is 4.74 Å². The van der Waals surface area contributed by atoms with Gasteiger partial charge in [-0.15, -0.1) is 0 Å². The van der Waals surface area contributed by atoms with Crippen LogP contribution in [0.4, 0.5) is 9.18 Å². The van der Waals surface area contributed by atoms with E-state index in [9.17, 15) is 9.18 Å². The molecule has 0 spiro atoms. The Morgan fingerprint density at radius 1 is 1.58 bits per heavy atom. The maximum absolute atomic E-state index is 12.3. The maximum Gasteiger partial charge on any atom is 0.407 e. The highest BCUT2D eigenvalue weighted by molar-refractivity contribution is 5.68. The molecule has 0 bridgehead atoms.